The van der Waals surface area contributed by atoms with Gasteiger partial charge in [0.2, 0.25) is 16.0 Å². The number of halogens is 5. The first-order valence-corrected chi connectivity index (χ1v) is 12.2. The Kier molecular flexibility index (Phi) is 6.63. The minimum atomic E-state index is -4.85. The molecular formula is C24H20F5N5O2S. The summed E-state index contributed by atoms with van der Waals surface area (Å²) in [5.74, 6) is -2.83. The SMILES string of the molecule is CC(C)(C)NS(=O)(=O)c1cccc(-c2cn(-c3nc(-c4ccc(F)c(F)c4)cc(C(F)(F)F)n3)cn2)c1. The van der Waals surface area contributed by atoms with Crippen molar-refractivity contribution in [3.8, 4) is 28.5 Å². The average Bonchev–Trinajstić information content (AvgIpc) is 3.29. The first-order valence-electron chi connectivity index (χ1n) is 10.7. The van der Waals surface area contributed by atoms with E-state index in [-0.39, 0.29) is 21.8 Å². The Morgan fingerprint density at radius 3 is 2.22 bits per heavy atom. The van der Waals surface area contributed by atoms with Crippen LogP contribution in [0.3, 0.4) is 0 Å². The Morgan fingerprint density at radius 1 is 0.865 bits per heavy atom. The van der Waals surface area contributed by atoms with Gasteiger partial charge in [0.1, 0.15) is 6.33 Å². The number of benzene rings is 2. The molecule has 0 amide bonds. The van der Waals surface area contributed by atoms with Crippen LogP contribution < -0.4 is 4.72 Å². The smallest absolute Gasteiger partial charge is 0.274 e. The van der Waals surface area contributed by atoms with Crippen LogP contribution in [-0.4, -0.2) is 33.5 Å². The molecule has 0 saturated heterocycles. The Labute approximate surface area is 209 Å². The van der Waals surface area contributed by atoms with Crippen molar-refractivity contribution in [2.24, 2.45) is 0 Å². The fourth-order valence-corrected chi connectivity index (χ4v) is 4.83. The van der Waals surface area contributed by atoms with Gasteiger partial charge in [-0.1, -0.05) is 12.1 Å². The highest BCUT2D eigenvalue weighted by Gasteiger charge is 2.34. The molecule has 37 heavy (non-hydrogen) atoms. The normalized spacial score (nSPS) is 12.6. The van der Waals surface area contributed by atoms with Crippen molar-refractivity contribution in [1.82, 2.24) is 24.2 Å². The van der Waals surface area contributed by atoms with Gasteiger partial charge in [-0.3, -0.25) is 4.57 Å². The summed E-state index contributed by atoms with van der Waals surface area (Å²) in [5, 5.41) is 0. The van der Waals surface area contributed by atoms with Crippen molar-refractivity contribution in [2.45, 2.75) is 37.4 Å². The molecule has 0 radical (unpaired) electrons. The number of nitrogens with one attached hydrogen (secondary N) is 1. The second-order valence-corrected chi connectivity index (χ2v) is 10.8. The zero-order chi connectivity index (χ0) is 27.2. The van der Waals surface area contributed by atoms with Crippen molar-refractivity contribution >= 4 is 10.0 Å². The predicted octanol–water partition coefficient (Wildman–Crippen LogP) is 5.37. The van der Waals surface area contributed by atoms with Crippen molar-refractivity contribution < 1.29 is 30.4 Å². The molecule has 7 nitrogen and oxygen atoms in total. The van der Waals surface area contributed by atoms with Gasteiger partial charge in [-0.15, -0.1) is 0 Å². The molecule has 2 heterocycles. The van der Waals surface area contributed by atoms with Gasteiger partial charge in [0.25, 0.3) is 0 Å². The zero-order valence-electron chi connectivity index (χ0n) is 19.7. The van der Waals surface area contributed by atoms with E-state index in [1.807, 2.05) is 0 Å². The molecule has 2 aromatic carbocycles. The van der Waals surface area contributed by atoms with E-state index in [0.717, 1.165) is 29.1 Å². The van der Waals surface area contributed by atoms with E-state index in [1.165, 1.54) is 24.4 Å². The van der Waals surface area contributed by atoms with E-state index >= 15 is 0 Å². The summed E-state index contributed by atoms with van der Waals surface area (Å²) in [6, 6.07) is 9.12. The molecule has 2 aromatic heterocycles. The van der Waals surface area contributed by atoms with Gasteiger partial charge in [-0.05, 0) is 57.2 Å². The minimum absolute atomic E-state index is 0.0228. The standard InChI is InChI=1S/C24H20F5N5O2S/c1-23(2,3)33-37(35,36)16-6-4-5-14(9-16)20-12-34(13-30-20)22-31-19(11-21(32-22)24(27,28)29)15-7-8-17(25)18(26)10-15/h4-13,33H,1-3H3. The number of alkyl halides is 3. The van der Waals surface area contributed by atoms with E-state index in [2.05, 4.69) is 19.7 Å². The summed E-state index contributed by atoms with van der Waals surface area (Å²) in [6.45, 7) is 5.08. The van der Waals surface area contributed by atoms with Crippen LogP contribution in [0, 0.1) is 11.6 Å². The Morgan fingerprint density at radius 2 is 1.57 bits per heavy atom. The number of hydrogen-bond donors (Lipinski definition) is 1. The van der Waals surface area contributed by atoms with Crippen LogP contribution in [0.4, 0.5) is 22.0 Å². The summed E-state index contributed by atoms with van der Waals surface area (Å²) in [5.41, 5.74) is -1.77. The van der Waals surface area contributed by atoms with Crippen LogP contribution in [0.25, 0.3) is 28.5 Å². The van der Waals surface area contributed by atoms with Crippen LogP contribution in [0.2, 0.25) is 0 Å². The van der Waals surface area contributed by atoms with Crippen molar-refractivity contribution in [3.63, 3.8) is 0 Å². The molecule has 0 atom stereocenters. The third-order valence-electron chi connectivity index (χ3n) is 4.91. The first kappa shape index (κ1) is 26.4. The van der Waals surface area contributed by atoms with Crippen LogP contribution in [0.15, 0.2) is 66.0 Å². The molecule has 1 N–H and O–H groups in total. The number of nitrogens with zero attached hydrogens (tertiary/aromatic N) is 4. The second kappa shape index (κ2) is 9.30. The van der Waals surface area contributed by atoms with Crippen molar-refractivity contribution in [2.75, 3.05) is 0 Å². The number of imidazole rings is 1. The second-order valence-electron chi connectivity index (χ2n) is 9.11. The zero-order valence-corrected chi connectivity index (χ0v) is 20.5. The summed E-state index contributed by atoms with van der Waals surface area (Å²) in [4.78, 5) is 11.8. The fourth-order valence-electron chi connectivity index (χ4n) is 3.36. The van der Waals surface area contributed by atoms with Gasteiger partial charge in [-0.25, -0.2) is 36.9 Å². The highest BCUT2D eigenvalue weighted by Crippen LogP contribution is 2.32. The van der Waals surface area contributed by atoms with Gasteiger partial charge < -0.3 is 0 Å². The van der Waals surface area contributed by atoms with E-state index in [1.54, 1.807) is 26.8 Å². The predicted molar refractivity (Wildman–Crippen MR) is 125 cm³/mol. The molecule has 4 rings (SSSR count). The molecule has 0 aliphatic rings. The largest absolute Gasteiger partial charge is 0.433 e. The maximum absolute atomic E-state index is 13.7. The lowest BCUT2D eigenvalue weighted by Gasteiger charge is -2.20. The van der Waals surface area contributed by atoms with E-state index in [4.69, 9.17) is 0 Å². The van der Waals surface area contributed by atoms with Crippen LogP contribution in [0.5, 0.6) is 0 Å². The van der Waals surface area contributed by atoms with Crippen molar-refractivity contribution in [3.05, 3.63) is 78.4 Å². The highest BCUT2D eigenvalue weighted by atomic mass is 32.2. The van der Waals surface area contributed by atoms with Gasteiger partial charge in [-0.2, -0.15) is 13.2 Å². The van der Waals surface area contributed by atoms with Crippen LogP contribution >= 0.6 is 0 Å². The van der Waals surface area contributed by atoms with E-state index in [0.29, 0.717) is 11.6 Å². The van der Waals surface area contributed by atoms with Crippen LogP contribution in [-0.2, 0) is 16.2 Å². The lowest BCUT2D eigenvalue weighted by atomic mass is 10.1. The summed E-state index contributed by atoms with van der Waals surface area (Å²) >= 11 is 0. The third kappa shape index (κ3) is 6.00. The Balaban J connectivity index is 1.76. The minimum Gasteiger partial charge on any atom is -0.274 e. The monoisotopic (exact) mass is 537 g/mol. The van der Waals surface area contributed by atoms with Gasteiger partial charge >= 0.3 is 6.18 Å². The molecule has 194 valence electrons. The van der Waals surface area contributed by atoms with E-state index < -0.39 is 45.0 Å². The number of hydrogen-bond acceptors (Lipinski definition) is 5. The molecule has 0 bridgehead atoms. The Hall–Kier alpha value is -3.71. The quantitative estimate of drug-likeness (QED) is 0.346. The van der Waals surface area contributed by atoms with Gasteiger partial charge in [0.15, 0.2) is 17.3 Å². The molecule has 0 saturated carbocycles. The molecule has 0 fully saturated rings. The number of rotatable bonds is 5. The maximum Gasteiger partial charge on any atom is 0.433 e. The topological polar surface area (TPSA) is 89.8 Å². The average molecular weight is 538 g/mol. The lowest BCUT2D eigenvalue weighted by Crippen LogP contribution is -2.40. The van der Waals surface area contributed by atoms with Crippen LogP contribution in [0.1, 0.15) is 26.5 Å². The Bertz CT molecular complexity index is 1580. The third-order valence-corrected chi connectivity index (χ3v) is 6.67. The first-order chi connectivity index (χ1) is 17.1. The van der Waals surface area contributed by atoms with E-state index in [9.17, 15) is 30.4 Å². The number of aromatic nitrogens is 4. The molecule has 4 aromatic rings. The fraction of sp³-hybridized carbons (Fsp3) is 0.208. The maximum atomic E-state index is 13.7. The molecule has 0 unspecified atom stereocenters. The molecule has 0 spiro atoms. The van der Waals surface area contributed by atoms with Gasteiger partial charge in [0, 0.05) is 22.9 Å². The number of sulfonamides is 1. The summed E-state index contributed by atoms with van der Waals surface area (Å²) in [7, 11) is -3.85. The van der Waals surface area contributed by atoms with Crippen molar-refractivity contribution in [1.29, 1.82) is 0 Å². The highest BCUT2D eigenvalue weighted by molar-refractivity contribution is 7.89. The summed E-state index contributed by atoms with van der Waals surface area (Å²) in [6.07, 6.45) is -2.36. The van der Waals surface area contributed by atoms with Gasteiger partial charge in [0.05, 0.1) is 16.3 Å². The summed E-state index contributed by atoms with van der Waals surface area (Å²) < 4.78 is 96.8. The molecule has 13 heteroatoms. The molecule has 0 aliphatic heterocycles. The molecule has 0 aliphatic carbocycles. The lowest BCUT2D eigenvalue weighted by molar-refractivity contribution is -0.141. The molecular weight excluding hydrogens is 517 g/mol.